The topological polar surface area (TPSA) is 75.5 Å². The zero-order valence-corrected chi connectivity index (χ0v) is 13.6. The molecule has 0 aromatic carbocycles. The van der Waals surface area contributed by atoms with Crippen LogP contribution in [-0.2, 0) is 16.0 Å². The van der Waals surface area contributed by atoms with Gasteiger partial charge in [-0.15, -0.1) is 0 Å². The van der Waals surface area contributed by atoms with E-state index in [0.717, 1.165) is 18.5 Å². The molecule has 2 heterocycles. The molecule has 2 rings (SSSR count). The Balaban J connectivity index is 1.99. The number of rotatable bonds is 6. The van der Waals surface area contributed by atoms with Crippen molar-refractivity contribution in [2.24, 2.45) is 5.92 Å². The number of aliphatic hydroxyl groups is 1. The van der Waals surface area contributed by atoms with Gasteiger partial charge in [-0.05, 0) is 32.6 Å². The van der Waals surface area contributed by atoms with Gasteiger partial charge in [-0.25, -0.2) is 9.97 Å². The number of aliphatic hydroxyl groups excluding tert-OH is 1. The second kappa shape index (κ2) is 8.29. The molecule has 0 saturated carbocycles. The standard InChI is InChI=1S/C15H22ClN3O3/c1-2-22-15(21)11-5-7-19(8-6-11)14-13(16)17-10-12(18-14)4-3-9-20/h10-11,20H,2-9H2,1H3. The van der Waals surface area contributed by atoms with Crippen LogP contribution in [0.15, 0.2) is 6.20 Å². The van der Waals surface area contributed by atoms with Crippen molar-refractivity contribution in [2.45, 2.75) is 32.6 Å². The van der Waals surface area contributed by atoms with Gasteiger partial charge in [0.15, 0.2) is 11.0 Å². The van der Waals surface area contributed by atoms with E-state index in [4.69, 9.17) is 21.4 Å². The molecule has 6 nitrogen and oxygen atoms in total. The third kappa shape index (κ3) is 4.30. The molecule has 0 radical (unpaired) electrons. The van der Waals surface area contributed by atoms with Crippen LogP contribution < -0.4 is 4.90 Å². The van der Waals surface area contributed by atoms with Crippen LogP contribution in [0.5, 0.6) is 0 Å². The molecule has 1 aliphatic heterocycles. The average molecular weight is 328 g/mol. The SMILES string of the molecule is CCOC(=O)C1CCN(c2nc(CCCO)cnc2Cl)CC1. The van der Waals surface area contributed by atoms with Crippen LogP contribution in [0.1, 0.15) is 31.9 Å². The number of carbonyl (C=O) groups is 1. The molecule has 0 amide bonds. The molecule has 22 heavy (non-hydrogen) atoms. The third-order valence-electron chi connectivity index (χ3n) is 3.77. The predicted octanol–water partition coefficient (Wildman–Crippen LogP) is 1.83. The van der Waals surface area contributed by atoms with E-state index in [1.165, 1.54) is 0 Å². The van der Waals surface area contributed by atoms with E-state index < -0.39 is 0 Å². The largest absolute Gasteiger partial charge is 0.466 e. The summed E-state index contributed by atoms with van der Waals surface area (Å²) < 4.78 is 5.07. The van der Waals surface area contributed by atoms with Gasteiger partial charge >= 0.3 is 5.97 Å². The summed E-state index contributed by atoms with van der Waals surface area (Å²) in [7, 11) is 0. The molecule has 1 aromatic rings. The number of anilines is 1. The zero-order chi connectivity index (χ0) is 15.9. The minimum atomic E-state index is -0.115. The van der Waals surface area contributed by atoms with E-state index in [0.29, 0.717) is 43.5 Å². The van der Waals surface area contributed by atoms with Crippen molar-refractivity contribution in [2.75, 3.05) is 31.2 Å². The lowest BCUT2D eigenvalue weighted by Crippen LogP contribution is -2.37. The summed E-state index contributed by atoms with van der Waals surface area (Å²) in [5.74, 6) is 0.510. The quantitative estimate of drug-likeness (QED) is 0.803. The number of piperidine rings is 1. The van der Waals surface area contributed by atoms with Crippen molar-refractivity contribution in [3.05, 3.63) is 17.0 Å². The van der Waals surface area contributed by atoms with Crippen LogP contribution in [-0.4, -0.2) is 47.3 Å². The van der Waals surface area contributed by atoms with Gasteiger partial charge in [0, 0.05) is 19.7 Å². The fourth-order valence-electron chi connectivity index (χ4n) is 2.57. The molecule has 0 aliphatic carbocycles. The Morgan fingerprint density at radius 2 is 2.23 bits per heavy atom. The number of aromatic nitrogens is 2. The van der Waals surface area contributed by atoms with Gasteiger partial charge in [-0.2, -0.15) is 0 Å². The summed E-state index contributed by atoms with van der Waals surface area (Å²) in [6, 6.07) is 0. The van der Waals surface area contributed by atoms with Crippen LogP contribution >= 0.6 is 11.6 Å². The number of ether oxygens (including phenoxy) is 1. The maximum absolute atomic E-state index is 11.8. The first-order valence-electron chi connectivity index (χ1n) is 7.69. The Morgan fingerprint density at radius 1 is 1.50 bits per heavy atom. The molecule has 1 aliphatic rings. The van der Waals surface area contributed by atoms with Gasteiger partial charge in [0.05, 0.1) is 24.4 Å². The Kier molecular flexibility index (Phi) is 6.39. The van der Waals surface area contributed by atoms with Crippen molar-refractivity contribution in [3.8, 4) is 0 Å². The van der Waals surface area contributed by atoms with Crippen LogP contribution in [0.3, 0.4) is 0 Å². The Bertz CT molecular complexity index is 505. The van der Waals surface area contributed by atoms with Crippen LogP contribution in [0.25, 0.3) is 0 Å². The normalized spacial score (nSPS) is 15.9. The first-order chi connectivity index (χ1) is 10.7. The number of halogens is 1. The summed E-state index contributed by atoms with van der Waals surface area (Å²) in [6.45, 7) is 3.79. The van der Waals surface area contributed by atoms with Crippen molar-refractivity contribution in [1.29, 1.82) is 0 Å². The molecular formula is C15H22ClN3O3. The molecule has 0 atom stereocenters. The molecule has 1 fully saturated rings. The molecule has 122 valence electrons. The summed E-state index contributed by atoms with van der Waals surface area (Å²) in [5.41, 5.74) is 0.820. The second-order valence-corrected chi connectivity index (χ2v) is 5.67. The van der Waals surface area contributed by atoms with Crippen LogP contribution in [0.4, 0.5) is 5.82 Å². The monoisotopic (exact) mass is 327 g/mol. The van der Waals surface area contributed by atoms with Gasteiger partial charge in [-0.3, -0.25) is 4.79 Å². The first-order valence-corrected chi connectivity index (χ1v) is 8.07. The molecule has 0 bridgehead atoms. The minimum Gasteiger partial charge on any atom is -0.466 e. The van der Waals surface area contributed by atoms with Gasteiger partial charge in [0.25, 0.3) is 0 Å². The molecular weight excluding hydrogens is 306 g/mol. The van der Waals surface area contributed by atoms with Crippen molar-refractivity contribution in [1.82, 2.24) is 9.97 Å². The van der Waals surface area contributed by atoms with E-state index >= 15 is 0 Å². The lowest BCUT2D eigenvalue weighted by atomic mass is 9.97. The molecule has 0 unspecified atom stereocenters. The summed E-state index contributed by atoms with van der Waals surface area (Å²) in [5, 5.41) is 9.27. The zero-order valence-electron chi connectivity index (χ0n) is 12.8. The van der Waals surface area contributed by atoms with E-state index in [1.807, 2.05) is 6.92 Å². The summed E-state index contributed by atoms with van der Waals surface area (Å²) in [6.07, 6.45) is 4.44. The molecule has 7 heteroatoms. The van der Waals surface area contributed by atoms with Gasteiger partial charge in [-0.1, -0.05) is 11.6 Å². The molecule has 1 aromatic heterocycles. The Morgan fingerprint density at radius 3 is 2.86 bits per heavy atom. The van der Waals surface area contributed by atoms with E-state index in [2.05, 4.69) is 14.9 Å². The lowest BCUT2D eigenvalue weighted by Gasteiger charge is -2.32. The van der Waals surface area contributed by atoms with Crippen molar-refractivity contribution >= 4 is 23.4 Å². The minimum absolute atomic E-state index is 0.0412. The van der Waals surface area contributed by atoms with Crippen LogP contribution in [0, 0.1) is 5.92 Å². The maximum atomic E-state index is 11.8. The Labute approximate surface area is 135 Å². The fourth-order valence-corrected chi connectivity index (χ4v) is 2.78. The number of nitrogens with zero attached hydrogens (tertiary/aromatic N) is 3. The highest BCUT2D eigenvalue weighted by Gasteiger charge is 2.27. The smallest absolute Gasteiger partial charge is 0.309 e. The summed E-state index contributed by atoms with van der Waals surface area (Å²) >= 11 is 6.16. The second-order valence-electron chi connectivity index (χ2n) is 5.32. The molecule has 0 spiro atoms. The van der Waals surface area contributed by atoms with Gasteiger partial charge in [0.2, 0.25) is 0 Å². The average Bonchev–Trinajstić information content (AvgIpc) is 2.54. The third-order valence-corrected chi connectivity index (χ3v) is 4.03. The fraction of sp³-hybridized carbons (Fsp3) is 0.667. The van der Waals surface area contributed by atoms with E-state index in [9.17, 15) is 4.79 Å². The predicted molar refractivity (Wildman–Crippen MR) is 84.0 cm³/mol. The lowest BCUT2D eigenvalue weighted by molar-refractivity contribution is -0.148. The van der Waals surface area contributed by atoms with Crippen molar-refractivity contribution in [3.63, 3.8) is 0 Å². The first kappa shape index (κ1) is 17.0. The van der Waals surface area contributed by atoms with Gasteiger partial charge in [0.1, 0.15) is 0 Å². The number of hydrogen-bond donors (Lipinski definition) is 1. The number of hydrogen-bond acceptors (Lipinski definition) is 6. The highest BCUT2D eigenvalue weighted by Crippen LogP contribution is 2.27. The number of esters is 1. The van der Waals surface area contributed by atoms with E-state index in [-0.39, 0.29) is 18.5 Å². The maximum Gasteiger partial charge on any atom is 0.309 e. The summed E-state index contributed by atoms with van der Waals surface area (Å²) in [4.78, 5) is 22.5. The number of aryl methyl sites for hydroxylation is 1. The number of carbonyl (C=O) groups excluding carboxylic acids is 1. The molecule has 1 N–H and O–H groups in total. The van der Waals surface area contributed by atoms with Crippen LogP contribution in [0.2, 0.25) is 5.15 Å². The highest BCUT2D eigenvalue weighted by atomic mass is 35.5. The molecule has 1 saturated heterocycles. The van der Waals surface area contributed by atoms with Crippen molar-refractivity contribution < 1.29 is 14.6 Å². The van der Waals surface area contributed by atoms with Gasteiger partial charge < -0.3 is 14.7 Å². The van der Waals surface area contributed by atoms with E-state index in [1.54, 1.807) is 6.20 Å². The Hall–Kier alpha value is -1.40. The highest BCUT2D eigenvalue weighted by molar-refractivity contribution is 6.31.